The summed E-state index contributed by atoms with van der Waals surface area (Å²) in [6, 6.07) is 7.04. The lowest BCUT2D eigenvalue weighted by molar-refractivity contribution is 0.0977. The number of carbonyl (C=O) groups excluding carboxylic acids is 2. The number of hydrogen-bond donors (Lipinski definition) is 1. The van der Waals surface area contributed by atoms with E-state index in [2.05, 4.69) is 13.2 Å². The van der Waals surface area contributed by atoms with Gasteiger partial charge in [-0.1, -0.05) is 37.4 Å². The molecule has 3 rings (SSSR count). The summed E-state index contributed by atoms with van der Waals surface area (Å²) < 4.78 is 44.2. The Morgan fingerprint density at radius 1 is 0.893 bits per heavy atom. The van der Waals surface area contributed by atoms with Gasteiger partial charge in [-0.25, -0.2) is 0 Å². The molecule has 7 nitrogen and oxygen atoms in total. The lowest BCUT2D eigenvalue weighted by atomic mass is 9.83. The largest absolute Gasteiger partial charge is 0.416 e. The van der Waals surface area contributed by atoms with Crippen molar-refractivity contribution in [2.24, 2.45) is 0 Å². The minimum Gasteiger partial charge on any atom is -0.416 e. The number of hydrogen-bond acceptors (Lipinski definition) is 8. The zero-order valence-electron chi connectivity index (χ0n) is 14.1. The van der Waals surface area contributed by atoms with E-state index in [1.807, 2.05) is 0 Å². The van der Waals surface area contributed by atoms with Gasteiger partial charge in [-0.3, -0.25) is 14.1 Å². The molecule has 1 aliphatic carbocycles. The van der Waals surface area contributed by atoms with Gasteiger partial charge in [-0.05, 0) is 6.07 Å². The molecule has 0 amide bonds. The molecule has 2 aromatic rings. The van der Waals surface area contributed by atoms with Crippen LogP contribution in [0.5, 0.6) is 11.5 Å². The van der Waals surface area contributed by atoms with E-state index >= 15 is 0 Å². The Balaban J connectivity index is 2.40. The highest BCUT2D eigenvalue weighted by molar-refractivity contribution is 7.98. The molecule has 0 unspecified atom stereocenters. The third kappa shape index (κ3) is 3.47. The summed E-state index contributed by atoms with van der Waals surface area (Å²) in [5.41, 5.74) is -0.106. The molecule has 1 aliphatic rings. The third-order valence-corrected chi connectivity index (χ3v) is 5.42. The van der Waals surface area contributed by atoms with Gasteiger partial charge in [-0.15, -0.1) is 0 Å². The minimum atomic E-state index is -4.81. The van der Waals surface area contributed by atoms with Crippen LogP contribution >= 0.6 is 24.1 Å². The van der Waals surface area contributed by atoms with Gasteiger partial charge >= 0.3 is 0 Å². The summed E-state index contributed by atoms with van der Waals surface area (Å²) in [6.07, 6.45) is 0. The second-order valence-corrected chi connectivity index (χ2v) is 8.10. The van der Waals surface area contributed by atoms with E-state index in [0.717, 1.165) is 6.07 Å². The fraction of sp³-hybridized carbons (Fsp3) is 0. The summed E-state index contributed by atoms with van der Waals surface area (Å²) in [5, 5.41) is 2.56. The highest BCUT2D eigenvalue weighted by Crippen LogP contribution is 2.46. The predicted octanol–water partition coefficient (Wildman–Crippen LogP) is 4.05. The van der Waals surface area contributed by atoms with Crippen molar-refractivity contribution in [2.75, 3.05) is 0 Å². The third-order valence-electron chi connectivity index (χ3n) is 3.77. The zero-order valence-corrected chi connectivity index (χ0v) is 16.5. The van der Waals surface area contributed by atoms with Gasteiger partial charge in [0, 0.05) is 27.5 Å². The Hall–Kier alpha value is -2.53. The maximum Gasteiger partial charge on any atom is 0.298 e. The molecule has 0 atom stereocenters. The van der Waals surface area contributed by atoms with Gasteiger partial charge < -0.3 is 8.37 Å². The number of fused-ring (bicyclic) bond motifs is 2. The molecule has 0 saturated heterocycles. The molecule has 0 bridgehead atoms. The number of rotatable bonds is 7. The average Bonchev–Trinajstić information content (AvgIpc) is 2.67. The molecule has 0 saturated carbocycles. The van der Waals surface area contributed by atoms with Crippen LogP contribution < -0.4 is 8.37 Å². The quantitative estimate of drug-likeness (QED) is 0.433. The van der Waals surface area contributed by atoms with Crippen molar-refractivity contribution in [3.63, 3.8) is 0 Å². The van der Waals surface area contributed by atoms with E-state index < -0.39 is 32.3 Å². The van der Waals surface area contributed by atoms with Crippen LogP contribution in [0.15, 0.2) is 59.2 Å². The minimum absolute atomic E-state index is 0.123. The Morgan fingerprint density at radius 2 is 1.43 bits per heavy atom. The van der Waals surface area contributed by atoms with Crippen molar-refractivity contribution < 1.29 is 30.9 Å². The number of carbonyl (C=O) groups is 2. The Bertz CT molecular complexity index is 1120. The Morgan fingerprint density at radius 3 is 1.96 bits per heavy atom. The van der Waals surface area contributed by atoms with E-state index in [4.69, 9.17) is 8.37 Å². The molecular formula is C18H12O7S3. The SMILES string of the molecule is C=CSOc1c(S(=O)(=O)O)cc2c(c1OSC=C)C(=O)c1ccccc1C2=O. The molecule has 0 heterocycles. The first-order valence-electron chi connectivity index (χ1n) is 7.56. The van der Waals surface area contributed by atoms with E-state index in [9.17, 15) is 22.6 Å². The van der Waals surface area contributed by atoms with Crippen molar-refractivity contribution in [3.8, 4) is 11.5 Å². The normalized spacial score (nSPS) is 12.8. The highest BCUT2D eigenvalue weighted by atomic mass is 32.2. The molecule has 0 fully saturated rings. The van der Waals surface area contributed by atoms with Gasteiger partial charge in [0.2, 0.25) is 5.75 Å². The second-order valence-electron chi connectivity index (χ2n) is 5.33. The first-order valence-corrected chi connectivity index (χ1v) is 10.6. The summed E-state index contributed by atoms with van der Waals surface area (Å²) >= 11 is 1.35. The topological polar surface area (TPSA) is 107 Å². The molecule has 0 spiro atoms. The predicted molar refractivity (Wildman–Crippen MR) is 106 cm³/mol. The van der Waals surface area contributed by atoms with E-state index in [0.29, 0.717) is 24.1 Å². The molecule has 0 aliphatic heterocycles. The first kappa shape index (κ1) is 20.2. The summed E-state index contributed by atoms with van der Waals surface area (Å²) in [4.78, 5) is 25.3. The fourth-order valence-corrected chi connectivity index (χ4v) is 4.04. The zero-order chi connectivity index (χ0) is 20.5. The monoisotopic (exact) mass is 436 g/mol. The van der Waals surface area contributed by atoms with Crippen molar-refractivity contribution in [2.45, 2.75) is 4.90 Å². The molecule has 0 radical (unpaired) electrons. The summed E-state index contributed by atoms with van der Waals surface area (Å²) in [5.74, 6) is -1.86. The maximum absolute atomic E-state index is 13.1. The van der Waals surface area contributed by atoms with Crippen LogP contribution in [0.3, 0.4) is 0 Å². The van der Waals surface area contributed by atoms with E-state index in [1.54, 1.807) is 12.1 Å². The molecule has 10 heteroatoms. The van der Waals surface area contributed by atoms with Crippen LogP contribution in [0.2, 0.25) is 0 Å². The van der Waals surface area contributed by atoms with Crippen molar-refractivity contribution in [1.82, 2.24) is 0 Å². The standard InChI is InChI=1S/C18H12O7S3/c1-3-26-24-17-13(28(21,22)23)9-12-14(18(17)25-27-4-2)16(20)11-8-6-5-7-10(11)15(12)19/h3-9H,1-2H2,(H,21,22,23). The van der Waals surface area contributed by atoms with Crippen LogP contribution in [0.1, 0.15) is 31.8 Å². The second kappa shape index (κ2) is 7.84. The molecular weight excluding hydrogens is 424 g/mol. The van der Waals surface area contributed by atoms with Crippen molar-refractivity contribution in [3.05, 3.63) is 76.6 Å². The van der Waals surface area contributed by atoms with Gasteiger partial charge in [0.25, 0.3) is 10.1 Å². The summed E-state index contributed by atoms with van der Waals surface area (Å²) in [6.45, 7) is 6.92. The van der Waals surface area contributed by atoms with Crippen LogP contribution in [0, 0.1) is 0 Å². The molecule has 1 N–H and O–H groups in total. The molecule has 2 aromatic carbocycles. The number of ketones is 2. The molecule has 0 aromatic heterocycles. The average molecular weight is 436 g/mol. The van der Waals surface area contributed by atoms with Gasteiger partial charge in [-0.2, -0.15) is 8.42 Å². The first-order chi connectivity index (χ1) is 13.3. The van der Waals surface area contributed by atoms with Gasteiger partial charge in [0.15, 0.2) is 17.3 Å². The maximum atomic E-state index is 13.1. The fourth-order valence-electron chi connectivity index (χ4n) is 2.69. The van der Waals surface area contributed by atoms with E-state index in [1.165, 1.54) is 22.9 Å². The van der Waals surface area contributed by atoms with Gasteiger partial charge in [0.05, 0.1) is 29.6 Å². The van der Waals surface area contributed by atoms with Crippen LogP contribution in [-0.2, 0) is 10.1 Å². The van der Waals surface area contributed by atoms with Crippen LogP contribution in [-0.4, -0.2) is 24.5 Å². The van der Waals surface area contributed by atoms with Crippen molar-refractivity contribution in [1.29, 1.82) is 0 Å². The smallest absolute Gasteiger partial charge is 0.298 e. The van der Waals surface area contributed by atoms with Gasteiger partial charge in [0.1, 0.15) is 4.90 Å². The lowest BCUT2D eigenvalue weighted by Gasteiger charge is -2.22. The molecule has 144 valence electrons. The summed E-state index contributed by atoms with van der Waals surface area (Å²) in [7, 11) is -4.81. The van der Waals surface area contributed by atoms with Crippen LogP contribution in [0.4, 0.5) is 0 Å². The number of benzene rings is 2. The van der Waals surface area contributed by atoms with Crippen LogP contribution in [0.25, 0.3) is 0 Å². The molecule has 28 heavy (non-hydrogen) atoms. The van der Waals surface area contributed by atoms with Crippen molar-refractivity contribution >= 4 is 45.8 Å². The van der Waals surface area contributed by atoms with E-state index in [-0.39, 0.29) is 28.0 Å². The lowest BCUT2D eigenvalue weighted by Crippen LogP contribution is -2.22. The highest BCUT2D eigenvalue weighted by Gasteiger charge is 2.38. The Kier molecular flexibility index (Phi) is 5.66. The Labute approximate surface area is 169 Å².